The summed E-state index contributed by atoms with van der Waals surface area (Å²) < 4.78 is 0. The minimum Gasteiger partial charge on any atom is -0.383 e. The van der Waals surface area contributed by atoms with Gasteiger partial charge in [0.25, 0.3) is 0 Å². The highest BCUT2D eigenvalue weighted by Gasteiger charge is 2.14. The smallest absolute Gasteiger partial charge is 0.224 e. The highest BCUT2D eigenvalue weighted by molar-refractivity contribution is 5.94. The van der Waals surface area contributed by atoms with Crippen LogP contribution in [-0.2, 0) is 11.2 Å². The average molecular weight is 232 g/mol. The summed E-state index contributed by atoms with van der Waals surface area (Å²) in [5.41, 5.74) is 3.36. The van der Waals surface area contributed by atoms with Crippen molar-refractivity contribution in [2.75, 3.05) is 10.6 Å². The molecule has 3 heteroatoms. The topological polar surface area (TPSA) is 41.1 Å². The number of fused-ring (bicyclic) bond motifs is 1. The molecular formula is C14H20N2O. The molecule has 2 rings (SSSR count). The van der Waals surface area contributed by atoms with Crippen molar-refractivity contribution in [3.63, 3.8) is 0 Å². The number of amides is 1. The lowest BCUT2D eigenvalue weighted by atomic mass is 10.0. The van der Waals surface area contributed by atoms with Crippen LogP contribution in [-0.4, -0.2) is 11.9 Å². The van der Waals surface area contributed by atoms with Crippen molar-refractivity contribution in [3.05, 3.63) is 23.8 Å². The van der Waals surface area contributed by atoms with Crippen molar-refractivity contribution in [3.8, 4) is 0 Å². The number of aryl methyl sites for hydroxylation is 1. The summed E-state index contributed by atoms with van der Waals surface area (Å²) in [4.78, 5) is 11.2. The molecule has 3 nitrogen and oxygen atoms in total. The van der Waals surface area contributed by atoms with Gasteiger partial charge in [-0.2, -0.15) is 0 Å². The number of carbonyl (C=O) groups is 1. The van der Waals surface area contributed by atoms with Gasteiger partial charge in [0, 0.05) is 23.8 Å². The first-order valence-electron chi connectivity index (χ1n) is 6.38. The number of benzene rings is 1. The molecule has 0 aliphatic carbocycles. The van der Waals surface area contributed by atoms with Crippen molar-refractivity contribution < 1.29 is 4.79 Å². The highest BCUT2D eigenvalue weighted by atomic mass is 16.1. The highest BCUT2D eigenvalue weighted by Crippen LogP contribution is 2.26. The maximum atomic E-state index is 11.2. The van der Waals surface area contributed by atoms with E-state index < -0.39 is 0 Å². The number of hydrogen-bond donors (Lipinski definition) is 2. The van der Waals surface area contributed by atoms with Crippen molar-refractivity contribution in [1.29, 1.82) is 0 Å². The molecule has 92 valence electrons. The van der Waals surface area contributed by atoms with Gasteiger partial charge in [-0.25, -0.2) is 0 Å². The van der Waals surface area contributed by atoms with Gasteiger partial charge in [0.2, 0.25) is 5.91 Å². The Hall–Kier alpha value is -1.51. The molecule has 1 aromatic rings. The fourth-order valence-electron chi connectivity index (χ4n) is 2.26. The van der Waals surface area contributed by atoms with Gasteiger partial charge in [-0.1, -0.05) is 13.3 Å². The van der Waals surface area contributed by atoms with Gasteiger partial charge >= 0.3 is 0 Å². The third kappa shape index (κ3) is 2.99. The fraction of sp³-hybridized carbons (Fsp3) is 0.500. The van der Waals surface area contributed by atoms with Crippen LogP contribution in [0.15, 0.2) is 18.2 Å². The second-order valence-corrected chi connectivity index (χ2v) is 4.75. The summed E-state index contributed by atoms with van der Waals surface area (Å²) in [6, 6.07) is 6.68. The standard InChI is InChI=1S/C14H20N2O/c1-3-4-10(2)15-12-6-7-13-11(9-12)5-8-14(17)16-13/h6-7,9-10,15H,3-5,8H2,1-2H3,(H,16,17). The molecule has 0 aromatic heterocycles. The van der Waals surface area contributed by atoms with Crippen molar-refractivity contribution in [1.82, 2.24) is 0 Å². The van der Waals surface area contributed by atoms with Crippen LogP contribution in [0.2, 0.25) is 0 Å². The van der Waals surface area contributed by atoms with Crippen molar-refractivity contribution in [2.24, 2.45) is 0 Å². The molecule has 0 saturated carbocycles. The first-order valence-corrected chi connectivity index (χ1v) is 6.38. The number of nitrogens with one attached hydrogen (secondary N) is 2. The summed E-state index contributed by atoms with van der Waals surface area (Å²) in [6.07, 6.45) is 3.81. The van der Waals surface area contributed by atoms with E-state index in [9.17, 15) is 4.79 Å². The van der Waals surface area contributed by atoms with Gasteiger partial charge in [-0.15, -0.1) is 0 Å². The van der Waals surface area contributed by atoms with E-state index in [-0.39, 0.29) is 5.91 Å². The number of rotatable bonds is 4. The van der Waals surface area contributed by atoms with Gasteiger partial charge < -0.3 is 10.6 Å². The van der Waals surface area contributed by atoms with Crippen LogP contribution in [0.3, 0.4) is 0 Å². The predicted octanol–water partition coefficient (Wildman–Crippen LogP) is 3.17. The summed E-state index contributed by atoms with van der Waals surface area (Å²) in [7, 11) is 0. The Morgan fingerprint density at radius 1 is 1.41 bits per heavy atom. The molecule has 17 heavy (non-hydrogen) atoms. The molecule has 0 saturated heterocycles. The Morgan fingerprint density at radius 2 is 2.24 bits per heavy atom. The summed E-state index contributed by atoms with van der Waals surface area (Å²) in [6.45, 7) is 4.39. The largest absolute Gasteiger partial charge is 0.383 e. The zero-order valence-electron chi connectivity index (χ0n) is 10.5. The van der Waals surface area contributed by atoms with Crippen LogP contribution >= 0.6 is 0 Å². The molecule has 0 fully saturated rings. The first-order chi connectivity index (χ1) is 8.19. The van der Waals surface area contributed by atoms with E-state index in [1.165, 1.54) is 18.4 Å². The number of carbonyl (C=O) groups excluding carboxylic acids is 1. The van der Waals surface area contributed by atoms with Crippen LogP contribution in [0.5, 0.6) is 0 Å². The van der Waals surface area contributed by atoms with E-state index in [1.807, 2.05) is 12.1 Å². The van der Waals surface area contributed by atoms with Crippen LogP contribution in [0.4, 0.5) is 11.4 Å². The Morgan fingerprint density at radius 3 is 3.00 bits per heavy atom. The zero-order valence-corrected chi connectivity index (χ0v) is 10.5. The van der Waals surface area contributed by atoms with Gasteiger partial charge in [-0.3, -0.25) is 4.79 Å². The average Bonchev–Trinajstić information content (AvgIpc) is 2.29. The van der Waals surface area contributed by atoms with E-state index in [0.717, 1.165) is 17.8 Å². The Kier molecular flexibility index (Phi) is 3.67. The second kappa shape index (κ2) is 5.21. The molecule has 0 radical (unpaired) electrons. The van der Waals surface area contributed by atoms with Crippen molar-refractivity contribution >= 4 is 17.3 Å². The van der Waals surface area contributed by atoms with E-state index in [4.69, 9.17) is 0 Å². The molecule has 1 unspecified atom stereocenters. The van der Waals surface area contributed by atoms with Crippen LogP contribution in [0, 0.1) is 0 Å². The van der Waals surface area contributed by atoms with E-state index in [0.29, 0.717) is 12.5 Å². The van der Waals surface area contributed by atoms with E-state index in [2.05, 4.69) is 30.5 Å². The molecule has 1 aliphatic rings. The molecular weight excluding hydrogens is 212 g/mol. The molecule has 1 aliphatic heterocycles. The van der Waals surface area contributed by atoms with Crippen LogP contribution in [0.25, 0.3) is 0 Å². The predicted molar refractivity (Wildman–Crippen MR) is 71.4 cm³/mol. The lowest BCUT2D eigenvalue weighted by molar-refractivity contribution is -0.116. The van der Waals surface area contributed by atoms with Crippen LogP contribution in [0.1, 0.15) is 38.7 Å². The molecule has 0 bridgehead atoms. The third-order valence-electron chi connectivity index (χ3n) is 3.14. The molecule has 1 heterocycles. The van der Waals surface area contributed by atoms with E-state index in [1.54, 1.807) is 0 Å². The first kappa shape index (κ1) is 12.0. The quantitative estimate of drug-likeness (QED) is 0.837. The monoisotopic (exact) mass is 232 g/mol. The van der Waals surface area contributed by atoms with Gasteiger partial charge in [0.05, 0.1) is 0 Å². The lowest BCUT2D eigenvalue weighted by Crippen LogP contribution is -2.20. The van der Waals surface area contributed by atoms with E-state index >= 15 is 0 Å². The molecule has 1 aromatic carbocycles. The maximum absolute atomic E-state index is 11.2. The summed E-state index contributed by atoms with van der Waals surface area (Å²) >= 11 is 0. The fourth-order valence-corrected chi connectivity index (χ4v) is 2.26. The molecule has 2 N–H and O–H groups in total. The Labute approximate surface area is 103 Å². The molecule has 1 amide bonds. The number of hydrogen-bond acceptors (Lipinski definition) is 2. The van der Waals surface area contributed by atoms with Gasteiger partial charge in [0.1, 0.15) is 0 Å². The summed E-state index contributed by atoms with van der Waals surface area (Å²) in [5, 5.41) is 6.39. The minimum absolute atomic E-state index is 0.123. The zero-order chi connectivity index (χ0) is 12.3. The summed E-state index contributed by atoms with van der Waals surface area (Å²) in [5.74, 6) is 0.123. The van der Waals surface area contributed by atoms with Gasteiger partial charge in [0.15, 0.2) is 0 Å². The Bertz CT molecular complexity index is 415. The Balaban J connectivity index is 2.08. The number of anilines is 2. The third-order valence-corrected chi connectivity index (χ3v) is 3.14. The maximum Gasteiger partial charge on any atom is 0.224 e. The SMILES string of the molecule is CCCC(C)Nc1ccc2c(c1)CCC(=O)N2. The lowest BCUT2D eigenvalue weighted by Gasteiger charge is -2.20. The molecule has 0 spiro atoms. The van der Waals surface area contributed by atoms with Crippen LogP contribution < -0.4 is 10.6 Å². The van der Waals surface area contributed by atoms with Gasteiger partial charge in [-0.05, 0) is 43.5 Å². The van der Waals surface area contributed by atoms with Crippen molar-refractivity contribution in [2.45, 2.75) is 45.6 Å². The molecule has 1 atom stereocenters. The second-order valence-electron chi connectivity index (χ2n) is 4.75. The minimum atomic E-state index is 0.123. The normalized spacial score (nSPS) is 16.0.